The molecule has 0 spiro atoms. The van der Waals surface area contributed by atoms with Crippen LogP contribution in [0.1, 0.15) is 36.1 Å². The van der Waals surface area contributed by atoms with Gasteiger partial charge in [-0.1, -0.05) is 114 Å². The van der Waals surface area contributed by atoms with Gasteiger partial charge in [0.05, 0.1) is 11.0 Å². The summed E-state index contributed by atoms with van der Waals surface area (Å²) in [6.07, 6.45) is 20.7. The molecule has 3 heteroatoms. The Kier molecular flexibility index (Phi) is 9.64. The van der Waals surface area contributed by atoms with Crippen molar-refractivity contribution < 1.29 is 0 Å². The fourth-order valence-electron chi connectivity index (χ4n) is 6.16. The largest absolute Gasteiger partial charge is 0.361 e. The highest BCUT2D eigenvalue weighted by molar-refractivity contribution is 6.15. The van der Waals surface area contributed by atoms with E-state index >= 15 is 0 Å². The highest BCUT2D eigenvalue weighted by Gasteiger charge is 2.15. The van der Waals surface area contributed by atoms with Crippen LogP contribution in [-0.4, -0.2) is 4.57 Å². The number of hydrogen-bond donors (Lipinski definition) is 2. The van der Waals surface area contributed by atoms with Gasteiger partial charge in [-0.2, -0.15) is 0 Å². The number of benzene rings is 5. The van der Waals surface area contributed by atoms with E-state index in [1.807, 2.05) is 31.5 Å². The molecule has 0 saturated heterocycles. The second-order valence-corrected chi connectivity index (χ2v) is 11.6. The molecule has 1 heterocycles. The normalized spacial score (nSPS) is 12.3. The van der Waals surface area contributed by atoms with Gasteiger partial charge in [-0.05, 0) is 99.1 Å². The molecule has 0 saturated carbocycles. The fraction of sp³-hybridized carbons (Fsp3) is 0.0909. The monoisotopic (exact) mass is 611 g/mol. The third kappa shape index (κ3) is 6.75. The number of aromatic nitrogens is 1. The van der Waals surface area contributed by atoms with E-state index in [-0.39, 0.29) is 0 Å². The van der Waals surface area contributed by atoms with Gasteiger partial charge >= 0.3 is 0 Å². The second-order valence-electron chi connectivity index (χ2n) is 11.6. The van der Waals surface area contributed by atoms with Gasteiger partial charge in [0.2, 0.25) is 0 Å². The lowest BCUT2D eigenvalue weighted by Crippen LogP contribution is -1.96. The Morgan fingerprint density at radius 2 is 1.30 bits per heavy atom. The van der Waals surface area contributed by atoms with Gasteiger partial charge in [0, 0.05) is 39.6 Å². The number of aryl methyl sites for hydroxylation is 2. The van der Waals surface area contributed by atoms with E-state index in [0.29, 0.717) is 0 Å². The SMILES string of the molecule is C/C=C\c1ccc(C)cc1-c1c(\C=C/C=C\C=C\Nc2cccc3c2c2cc(C)ccc2n3-c2ccccc2)cccc1N/C=C/C. The van der Waals surface area contributed by atoms with E-state index in [0.717, 1.165) is 22.6 Å². The Hall–Kier alpha value is -5.80. The summed E-state index contributed by atoms with van der Waals surface area (Å²) in [5.41, 5.74) is 12.9. The third-order valence-corrected chi connectivity index (χ3v) is 8.23. The summed E-state index contributed by atoms with van der Waals surface area (Å²) < 4.78 is 2.35. The van der Waals surface area contributed by atoms with Crippen molar-refractivity contribution in [2.24, 2.45) is 0 Å². The summed E-state index contributed by atoms with van der Waals surface area (Å²) >= 11 is 0. The highest BCUT2D eigenvalue weighted by Crippen LogP contribution is 2.38. The number of rotatable bonds is 10. The van der Waals surface area contributed by atoms with Crippen molar-refractivity contribution in [1.82, 2.24) is 4.57 Å². The molecule has 0 aliphatic heterocycles. The number of fused-ring (bicyclic) bond motifs is 3. The Bertz CT molecular complexity index is 2170. The maximum absolute atomic E-state index is 3.56. The number of nitrogens with one attached hydrogen (secondary N) is 2. The molecule has 0 fully saturated rings. The predicted molar refractivity (Wildman–Crippen MR) is 206 cm³/mol. The van der Waals surface area contributed by atoms with Gasteiger partial charge in [-0.15, -0.1) is 0 Å². The van der Waals surface area contributed by atoms with Crippen LogP contribution in [-0.2, 0) is 0 Å². The molecule has 232 valence electrons. The van der Waals surface area contributed by atoms with Crippen LogP contribution in [0.15, 0.2) is 152 Å². The molecule has 6 aromatic rings. The van der Waals surface area contributed by atoms with Gasteiger partial charge in [-0.25, -0.2) is 0 Å². The van der Waals surface area contributed by atoms with Crippen LogP contribution in [0.5, 0.6) is 0 Å². The minimum Gasteiger partial charge on any atom is -0.361 e. The van der Waals surface area contributed by atoms with Gasteiger partial charge in [-0.3, -0.25) is 0 Å². The smallest absolute Gasteiger partial charge is 0.0562 e. The van der Waals surface area contributed by atoms with Crippen molar-refractivity contribution >= 4 is 45.3 Å². The standard InChI is InChI=1S/C44H41N3/c1-5-16-34-26-24-32(3)30-37(34)43-35(18-14-21-39(43)45-28-6-2)17-10-7-8-13-29-46-40-22-15-23-42-44(40)38-31-33(4)25-27-41(38)47(42)36-19-11-9-12-20-36/h5-31,45-46H,1-4H3/b8-7-,16-5-,17-10-,28-6+,29-13+. The number of anilines is 2. The molecule has 0 atom stereocenters. The zero-order valence-electron chi connectivity index (χ0n) is 27.5. The van der Waals surface area contributed by atoms with E-state index in [1.165, 1.54) is 49.6 Å². The predicted octanol–water partition coefficient (Wildman–Crippen LogP) is 12.2. The van der Waals surface area contributed by atoms with Crippen LogP contribution in [0, 0.1) is 13.8 Å². The second kappa shape index (κ2) is 14.5. The molecule has 6 rings (SSSR count). The molecule has 0 amide bonds. The molecule has 1 aromatic heterocycles. The lowest BCUT2D eigenvalue weighted by molar-refractivity contribution is 1.18. The van der Waals surface area contributed by atoms with Crippen molar-refractivity contribution in [2.45, 2.75) is 27.7 Å². The summed E-state index contributed by atoms with van der Waals surface area (Å²) in [6.45, 7) is 8.38. The van der Waals surface area contributed by atoms with Crippen molar-refractivity contribution in [2.75, 3.05) is 10.6 Å². The van der Waals surface area contributed by atoms with E-state index in [4.69, 9.17) is 0 Å². The summed E-state index contributed by atoms with van der Waals surface area (Å²) in [4.78, 5) is 0. The van der Waals surface area contributed by atoms with Crippen LogP contribution in [0.25, 0.3) is 50.8 Å². The van der Waals surface area contributed by atoms with Gasteiger partial charge in [0.25, 0.3) is 0 Å². The van der Waals surface area contributed by atoms with Crippen molar-refractivity contribution in [1.29, 1.82) is 0 Å². The lowest BCUT2D eigenvalue weighted by Gasteiger charge is -2.16. The first-order chi connectivity index (χ1) is 23.1. The summed E-state index contributed by atoms with van der Waals surface area (Å²) in [6, 6.07) is 36.8. The van der Waals surface area contributed by atoms with E-state index in [1.54, 1.807) is 0 Å². The van der Waals surface area contributed by atoms with Crippen LogP contribution in [0.4, 0.5) is 11.4 Å². The minimum absolute atomic E-state index is 1.08. The van der Waals surface area contributed by atoms with Crippen molar-refractivity contribution in [3.8, 4) is 16.8 Å². The summed E-state index contributed by atoms with van der Waals surface area (Å²) in [5.74, 6) is 0. The fourth-order valence-corrected chi connectivity index (χ4v) is 6.16. The first kappa shape index (κ1) is 31.2. The average molecular weight is 612 g/mol. The summed E-state index contributed by atoms with van der Waals surface area (Å²) in [5, 5.41) is 9.51. The maximum atomic E-state index is 3.56. The van der Waals surface area contributed by atoms with E-state index in [2.05, 4.69) is 176 Å². The molecule has 0 bridgehead atoms. The van der Waals surface area contributed by atoms with Gasteiger partial charge in [0.1, 0.15) is 0 Å². The molecule has 5 aromatic carbocycles. The molecule has 0 unspecified atom stereocenters. The third-order valence-electron chi connectivity index (χ3n) is 8.23. The quantitative estimate of drug-likeness (QED) is 0.151. The summed E-state index contributed by atoms with van der Waals surface area (Å²) in [7, 11) is 0. The first-order valence-electron chi connectivity index (χ1n) is 16.2. The molecular weight excluding hydrogens is 571 g/mol. The van der Waals surface area contributed by atoms with Crippen LogP contribution >= 0.6 is 0 Å². The minimum atomic E-state index is 1.08. The molecule has 0 radical (unpaired) electrons. The molecular formula is C44H41N3. The average Bonchev–Trinajstić information content (AvgIpc) is 3.42. The number of nitrogens with zero attached hydrogens (tertiary/aromatic N) is 1. The van der Waals surface area contributed by atoms with Crippen LogP contribution in [0.2, 0.25) is 0 Å². The van der Waals surface area contributed by atoms with Gasteiger partial charge in [0.15, 0.2) is 0 Å². The molecule has 2 N–H and O–H groups in total. The molecule has 0 aliphatic carbocycles. The highest BCUT2D eigenvalue weighted by atomic mass is 15.0. The Morgan fingerprint density at radius 3 is 2.13 bits per heavy atom. The lowest BCUT2D eigenvalue weighted by atomic mass is 9.92. The van der Waals surface area contributed by atoms with Crippen LogP contribution in [0.3, 0.4) is 0 Å². The van der Waals surface area contributed by atoms with E-state index in [9.17, 15) is 0 Å². The van der Waals surface area contributed by atoms with Crippen molar-refractivity contribution in [3.05, 3.63) is 174 Å². The van der Waals surface area contributed by atoms with Crippen LogP contribution < -0.4 is 10.6 Å². The Balaban J connectivity index is 1.27. The number of para-hydroxylation sites is 1. The number of hydrogen-bond acceptors (Lipinski definition) is 2. The Labute approximate surface area is 278 Å². The maximum Gasteiger partial charge on any atom is 0.0562 e. The van der Waals surface area contributed by atoms with Crippen molar-refractivity contribution in [3.63, 3.8) is 0 Å². The van der Waals surface area contributed by atoms with E-state index < -0.39 is 0 Å². The first-order valence-corrected chi connectivity index (χ1v) is 16.2. The zero-order chi connectivity index (χ0) is 32.6. The number of allylic oxidation sites excluding steroid dienone is 6. The molecule has 0 aliphatic rings. The molecule has 3 nitrogen and oxygen atoms in total. The topological polar surface area (TPSA) is 29.0 Å². The Morgan fingerprint density at radius 1 is 0.553 bits per heavy atom. The zero-order valence-corrected chi connectivity index (χ0v) is 27.5. The van der Waals surface area contributed by atoms with Gasteiger partial charge < -0.3 is 15.2 Å². The molecule has 47 heavy (non-hydrogen) atoms.